The number of nitrogens with zero attached hydrogens (tertiary/aromatic N) is 5. The molecule has 1 saturated heterocycles. The first-order valence-corrected chi connectivity index (χ1v) is 12.9. The second-order valence-corrected chi connectivity index (χ2v) is 10.6. The number of aromatic nitrogens is 4. The standard InChI is InChI=1S/C29H29F3N6O2/c1-29(2,3)40-28(39)37-12-9-23(10-13-37)38-17-34-25(18-4-6-19(30)7-5-18)26(38)24-8-11-33-27(36-24)35-22-15-20(31)14-21(32)16-22/h4-8,11,14-17,23H,9-10,12-13H2,1-3H3,(H,33,35,36). The topological polar surface area (TPSA) is 85.2 Å². The molecule has 1 aliphatic rings. The number of benzene rings is 2. The number of likely N-dealkylation sites (tertiary alicyclic amines) is 1. The second-order valence-electron chi connectivity index (χ2n) is 10.6. The highest BCUT2D eigenvalue weighted by atomic mass is 19.1. The third-order valence-corrected chi connectivity index (χ3v) is 6.44. The Bertz CT molecular complexity index is 1490. The summed E-state index contributed by atoms with van der Waals surface area (Å²) >= 11 is 0. The maximum absolute atomic E-state index is 13.7. The van der Waals surface area contributed by atoms with Crippen LogP contribution in [-0.4, -0.2) is 49.2 Å². The molecule has 8 nitrogen and oxygen atoms in total. The van der Waals surface area contributed by atoms with Crippen LogP contribution >= 0.6 is 0 Å². The van der Waals surface area contributed by atoms with Crippen LogP contribution in [0.5, 0.6) is 0 Å². The molecule has 1 N–H and O–H groups in total. The van der Waals surface area contributed by atoms with Crippen molar-refractivity contribution in [3.05, 3.63) is 78.5 Å². The predicted molar refractivity (Wildman–Crippen MR) is 144 cm³/mol. The Balaban J connectivity index is 1.47. The normalized spacial score (nSPS) is 14.3. The van der Waals surface area contributed by atoms with E-state index in [2.05, 4.69) is 20.3 Å². The van der Waals surface area contributed by atoms with E-state index in [4.69, 9.17) is 4.74 Å². The molecule has 0 spiro atoms. The average Bonchev–Trinajstić information content (AvgIpc) is 3.33. The largest absolute Gasteiger partial charge is 0.444 e. The van der Waals surface area contributed by atoms with Crippen LogP contribution in [0.1, 0.15) is 39.7 Å². The number of imidazole rings is 1. The van der Waals surface area contributed by atoms with Crippen molar-refractivity contribution in [2.24, 2.45) is 0 Å². The van der Waals surface area contributed by atoms with Gasteiger partial charge in [0.25, 0.3) is 0 Å². The van der Waals surface area contributed by atoms with Gasteiger partial charge in [0.05, 0.1) is 23.4 Å². The molecule has 0 saturated carbocycles. The fourth-order valence-corrected chi connectivity index (χ4v) is 4.67. The summed E-state index contributed by atoms with van der Waals surface area (Å²) in [5.74, 6) is -1.68. The van der Waals surface area contributed by atoms with Crippen LogP contribution in [0.4, 0.5) is 29.6 Å². The number of piperidine rings is 1. The SMILES string of the molecule is CC(C)(C)OC(=O)N1CCC(n2cnc(-c3ccc(F)cc3)c2-c2ccnc(Nc3cc(F)cc(F)c3)n2)CC1. The number of halogens is 3. The predicted octanol–water partition coefficient (Wildman–Crippen LogP) is 6.74. The van der Waals surface area contributed by atoms with Crippen molar-refractivity contribution in [3.63, 3.8) is 0 Å². The zero-order valence-electron chi connectivity index (χ0n) is 22.4. The van der Waals surface area contributed by atoms with Crippen LogP contribution in [0, 0.1) is 17.5 Å². The summed E-state index contributed by atoms with van der Waals surface area (Å²) in [4.78, 5) is 27.8. The zero-order valence-corrected chi connectivity index (χ0v) is 22.4. The second kappa shape index (κ2) is 11.0. The number of carbonyl (C=O) groups excluding carboxylic acids is 1. The average molecular weight is 551 g/mol. The van der Waals surface area contributed by atoms with E-state index in [1.54, 1.807) is 29.4 Å². The number of amides is 1. The van der Waals surface area contributed by atoms with E-state index in [0.717, 1.165) is 18.2 Å². The van der Waals surface area contributed by atoms with Gasteiger partial charge in [-0.25, -0.2) is 32.9 Å². The fourth-order valence-electron chi connectivity index (χ4n) is 4.67. The molecule has 1 aliphatic heterocycles. The first-order valence-electron chi connectivity index (χ1n) is 12.9. The van der Waals surface area contributed by atoms with Gasteiger partial charge in [-0.2, -0.15) is 0 Å². The monoisotopic (exact) mass is 550 g/mol. The van der Waals surface area contributed by atoms with Crippen molar-refractivity contribution >= 4 is 17.7 Å². The van der Waals surface area contributed by atoms with Gasteiger partial charge in [-0.05, 0) is 76.1 Å². The maximum atomic E-state index is 13.7. The van der Waals surface area contributed by atoms with Crippen molar-refractivity contribution < 1.29 is 22.7 Å². The number of rotatable bonds is 5. The molecule has 40 heavy (non-hydrogen) atoms. The van der Waals surface area contributed by atoms with Gasteiger partial charge in [0.1, 0.15) is 23.1 Å². The molecular formula is C29H29F3N6O2. The lowest BCUT2D eigenvalue weighted by molar-refractivity contribution is 0.0189. The van der Waals surface area contributed by atoms with Crippen LogP contribution in [0.3, 0.4) is 0 Å². The number of anilines is 2. The van der Waals surface area contributed by atoms with Gasteiger partial charge < -0.3 is 19.5 Å². The molecule has 4 aromatic rings. The quantitative estimate of drug-likeness (QED) is 0.296. The molecule has 3 heterocycles. The van der Waals surface area contributed by atoms with Gasteiger partial charge in [-0.3, -0.25) is 0 Å². The summed E-state index contributed by atoms with van der Waals surface area (Å²) in [7, 11) is 0. The Kier molecular flexibility index (Phi) is 7.46. The molecule has 11 heteroatoms. The molecule has 1 amide bonds. The van der Waals surface area contributed by atoms with Crippen LogP contribution < -0.4 is 5.32 Å². The highest BCUT2D eigenvalue weighted by Gasteiger charge is 2.30. The van der Waals surface area contributed by atoms with E-state index >= 15 is 0 Å². The minimum absolute atomic E-state index is 0.000857. The van der Waals surface area contributed by atoms with Gasteiger partial charge >= 0.3 is 6.09 Å². The minimum Gasteiger partial charge on any atom is -0.444 e. The number of nitrogens with one attached hydrogen (secondary N) is 1. The maximum Gasteiger partial charge on any atom is 0.410 e. The van der Waals surface area contributed by atoms with E-state index in [9.17, 15) is 18.0 Å². The summed E-state index contributed by atoms with van der Waals surface area (Å²) in [5.41, 5.74) is 2.07. The Morgan fingerprint density at radius 3 is 2.27 bits per heavy atom. The molecule has 0 atom stereocenters. The lowest BCUT2D eigenvalue weighted by atomic mass is 10.0. The molecule has 208 valence electrons. The van der Waals surface area contributed by atoms with Gasteiger partial charge in [-0.15, -0.1) is 0 Å². The Hall–Kier alpha value is -4.41. The number of ether oxygens (including phenoxy) is 1. The lowest BCUT2D eigenvalue weighted by Gasteiger charge is -2.34. The number of carbonyl (C=O) groups is 1. The zero-order chi connectivity index (χ0) is 28.4. The van der Waals surface area contributed by atoms with Gasteiger partial charge in [-0.1, -0.05) is 0 Å². The molecule has 2 aromatic carbocycles. The molecule has 5 rings (SSSR count). The summed E-state index contributed by atoms with van der Waals surface area (Å²) in [6.45, 7) is 6.52. The summed E-state index contributed by atoms with van der Waals surface area (Å²) in [6.07, 6.45) is 4.23. The van der Waals surface area contributed by atoms with Crippen molar-refractivity contribution in [2.75, 3.05) is 18.4 Å². The van der Waals surface area contributed by atoms with Crippen LogP contribution in [-0.2, 0) is 4.74 Å². The summed E-state index contributed by atoms with van der Waals surface area (Å²) in [6, 6.07) is 10.8. The number of hydrogen-bond donors (Lipinski definition) is 1. The third kappa shape index (κ3) is 6.24. The summed E-state index contributed by atoms with van der Waals surface area (Å²) < 4.78 is 48.7. The first kappa shape index (κ1) is 27.2. The van der Waals surface area contributed by atoms with E-state index < -0.39 is 17.2 Å². The van der Waals surface area contributed by atoms with Crippen LogP contribution in [0.2, 0.25) is 0 Å². The van der Waals surface area contributed by atoms with Crippen molar-refractivity contribution in [2.45, 2.75) is 45.3 Å². The Labute approximate surface area is 229 Å². The van der Waals surface area contributed by atoms with Gasteiger partial charge in [0.2, 0.25) is 5.95 Å². The van der Waals surface area contributed by atoms with E-state index in [1.165, 1.54) is 18.3 Å². The molecule has 1 fully saturated rings. The van der Waals surface area contributed by atoms with Crippen LogP contribution in [0.15, 0.2) is 61.1 Å². The highest BCUT2D eigenvalue weighted by molar-refractivity contribution is 5.77. The van der Waals surface area contributed by atoms with E-state index in [-0.39, 0.29) is 29.6 Å². The third-order valence-electron chi connectivity index (χ3n) is 6.44. The minimum atomic E-state index is -0.729. The van der Waals surface area contributed by atoms with Crippen molar-refractivity contribution in [1.29, 1.82) is 0 Å². The number of hydrogen-bond acceptors (Lipinski definition) is 6. The molecular weight excluding hydrogens is 521 g/mol. The molecule has 0 bridgehead atoms. The smallest absolute Gasteiger partial charge is 0.410 e. The van der Waals surface area contributed by atoms with Crippen molar-refractivity contribution in [3.8, 4) is 22.6 Å². The van der Waals surface area contributed by atoms with Gasteiger partial charge in [0.15, 0.2) is 0 Å². The molecule has 2 aromatic heterocycles. The molecule has 0 unspecified atom stereocenters. The molecule has 0 aliphatic carbocycles. The molecule has 0 radical (unpaired) electrons. The lowest BCUT2D eigenvalue weighted by Crippen LogP contribution is -2.42. The Morgan fingerprint density at radius 1 is 0.950 bits per heavy atom. The van der Waals surface area contributed by atoms with Crippen molar-refractivity contribution in [1.82, 2.24) is 24.4 Å². The van der Waals surface area contributed by atoms with Gasteiger partial charge in [0, 0.05) is 42.6 Å². The first-order chi connectivity index (χ1) is 19.1. The highest BCUT2D eigenvalue weighted by Crippen LogP contribution is 2.36. The fraction of sp³-hybridized carbons (Fsp3) is 0.310. The van der Waals surface area contributed by atoms with E-state index in [0.29, 0.717) is 48.6 Å². The summed E-state index contributed by atoms with van der Waals surface area (Å²) in [5, 5.41) is 2.85. The van der Waals surface area contributed by atoms with E-state index in [1.807, 2.05) is 25.3 Å². The van der Waals surface area contributed by atoms with Crippen LogP contribution in [0.25, 0.3) is 22.6 Å². The Morgan fingerprint density at radius 2 is 1.62 bits per heavy atom.